The van der Waals surface area contributed by atoms with E-state index < -0.39 is 0 Å². The first kappa shape index (κ1) is 57.7. The van der Waals surface area contributed by atoms with Gasteiger partial charge in [0.05, 0.1) is 0 Å². The Kier molecular flexibility index (Phi) is 21.7. The molecule has 0 unspecified atom stereocenters. The molecule has 1 spiro atoms. The second kappa shape index (κ2) is 25.2. The molecule has 0 aromatic rings. The molecule has 0 amide bonds. The molecule has 0 heterocycles. The second-order valence-electron chi connectivity index (χ2n) is 28.5. The summed E-state index contributed by atoms with van der Waals surface area (Å²) in [5, 5.41) is 0. The largest absolute Gasteiger partial charge is 0.296 e. The number of fused-ring (bicyclic) bond motifs is 2. The molecule has 0 N–H and O–H groups in total. The topological polar surface area (TPSA) is 13.0 Å². The lowest BCUT2D eigenvalue weighted by Gasteiger charge is -2.64. The summed E-state index contributed by atoms with van der Waals surface area (Å²) in [7, 11) is 0. The lowest BCUT2D eigenvalue weighted by molar-refractivity contribution is -0.147. The molecule has 0 aromatic carbocycles. The van der Waals surface area contributed by atoms with Crippen LogP contribution in [0.5, 0.6) is 0 Å². The van der Waals surface area contributed by atoms with E-state index in [1.165, 1.54) is 135 Å². The number of hydrogen-bond donors (Lipinski definition) is 0. The Hall–Kier alpha value is -0.160. The van der Waals surface area contributed by atoms with E-state index in [0.29, 0.717) is 59.3 Å². The van der Waals surface area contributed by atoms with Gasteiger partial charge in [-0.2, -0.15) is 0 Å². The Balaban J connectivity index is 0.000000168. The van der Waals surface area contributed by atoms with Crippen LogP contribution in [0.3, 0.4) is 0 Å². The molecule has 0 aromatic heterocycles. The molecule has 4 atom stereocenters. The van der Waals surface area contributed by atoms with Crippen molar-refractivity contribution >= 4 is 0 Å². The maximum absolute atomic E-state index is 2.87. The Morgan fingerprint density at radius 3 is 1.12 bits per heavy atom. The second-order valence-corrected chi connectivity index (χ2v) is 28.5. The Bertz CT molecular complexity index is 1310. The minimum Gasteiger partial charge on any atom is -0.296 e. The highest BCUT2D eigenvalue weighted by molar-refractivity contribution is 5.09. The fraction of sp³-hybridized carbons (Fsp3) is 1.00. The van der Waals surface area contributed by atoms with Gasteiger partial charge in [0, 0.05) is 72.0 Å². The average Bonchev–Trinajstić information content (AvgIpc) is 3.19. The van der Waals surface area contributed by atoms with Gasteiger partial charge in [-0.3, -0.25) is 19.6 Å². The zero-order valence-corrected chi connectivity index (χ0v) is 49.1. The fourth-order valence-corrected chi connectivity index (χ4v) is 18.9. The average molecular weight is 936 g/mol. The molecule has 6 bridgehead atoms. The van der Waals surface area contributed by atoms with Crippen molar-refractivity contribution in [2.24, 2.45) is 46.3 Å². The number of nitrogens with zero attached hydrogens (tertiary/aromatic N) is 4. The maximum atomic E-state index is 2.87. The van der Waals surface area contributed by atoms with Gasteiger partial charge < -0.3 is 0 Å². The zero-order chi connectivity index (χ0) is 49.6. The minimum absolute atomic E-state index is 0.594. The van der Waals surface area contributed by atoms with Gasteiger partial charge in [-0.05, 0) is 260 Å². The first-order chi connectivity index (χ1) is 31.4. The fourth-order valence-electron chi connectivity index (χ4n) is 18.9. The summed E-state index contributed by atoms with van der Waals surface area (Å²) < 4.78 is 0. The molecule has 10 saturated carbocycles. The third-order valence-corrected chi connectivity index (χ3v) is 20.8. The summed E-state index contributed by atoms with van der Waals surface area (Å²) in [6.45, 7) is 45.4. The van der Waals surface area contributed by atoms with E-state index in [1.807, 2.05) is 0 Å². The highest BCUT2D eigenvalue weighted by atomic mass is 15.3. The van der Waals surface area contributed by atoms with Crippen molar-refractivity contribution in [2.45, 2.75) is 358 Å². The maximum Gasteiger partial charge on any atom is 0.0222 e. The van der Waals surface area contributed by atoms with Crippen LogP contribution in [0, 0.1) is 46.3 Å². The van der Waals surface area contributed by atoms with Gasteiger partial charge in [0.25, 0.3) is 0 Å². The van der Waals surface area contributed by atoms with E-state index in [1.54, 1.807) is 19.3 Å². The van der Waals surface area contributed by atoms with E-state index >= 15 is 0 Å². The van der Waals surface area contributed by atoms with E-state index in [0.717, 1.165) is 59.0 Å². The minimum atomic E-state index is 0.594. The van der Waals surface area contributed by atoms with Gasteiger partial charge in [0.2, 0.25) is 0 Å². The van der Waals surface area contributed by atoms with E-state index in [4.69, 9.17) is 0 Å². The molecule has 4 nitrogen and oxygen atoms in total. The SMILES string of the molecule is CC(C)N(C(C)C)C12CC3CC(CC(C3)C1)C2.CC(C)N(C(C)C)C1CCC2(CCCCC2)CC1.CC(C)N(C(C)C)C1CCCCCCC1.CC(C)N(C(C)C)[C@@H]1C[C@@H]2C[C@H]([C@H]1C)C2(C)C. The van der Waals surface area contributed by atoms with Crippen molar-refractivity contribution in [1.82, 2.24) is 19.6 Å². The predicted molar refractivity (Wildman–Crippen MR) is 296 cm³/mol. The monoisotopic (exact) mass is 935 g/mol. The van der Waals surface area contributed by atoms with Gasteiger partial charge in [-0.15, -0.1) is 0 Å². The molecular formula is C63H122N4. The number of rotatable bonds is 12. The predicted octanol–water partition coefficient (Wildman–Crippen LogP) is 17.5. The summed E-state index contributed by atoms with van der Waals surface area (Å²) >= 11 is 0. The van der Waals surface area contributed by atoms with Crippen LogP contribution in [0.25, 0.3) is 0 Å². The van der Waals surface area contributed by atoms with Gasteiger partial charge >= 0.3 is 0 Å². The third-order valence-electron chi connectivity index (χ3n) is 20.8. The summed E-state index contributed by atoms with van der Waals surface area (Å²) in [6.07, 6.45) is 35.7. The van der Waals surface area contributed by atoms with E-state index in [2.05, 4.69) is 151 Å². The summed E-state index contributed by atoms with van der Waals surface area (Å²) in [5.41, 5.74) is 1.99. The molecule has 67 heavy (non-hydrogen) atoms. The lowest BCUT2D eigenvalue weighted by Crippen LogP contribution is -2.63. The van der Waals surface area contributed by atoms with Crippen LogP contribution in [0.15, 0.2) is 0 Å². The molecule has 10 rings (SSSR count). The van der Waals surface area contributed by atoms with Crippen LogP contribution in [0.4, 0.5) is 0 Å². The van der Waals surface area contributed by atoms with Crippen molar-refractivity contribution in [2.75, 3.05) is 0 Å². The van der Waals surface area contributed by atoms with Crippen molar-refractivity contribution < 1.29 is 0 Å². The van der Waals surface area contributed by atoms with E-state index in [9.17, 15) is 0 Å². The van der Waals surface area contributed by atoms with Crippen LogP contribution < -0.4 is 0 Å². The summed E-state index contributed by atoms with van der Waals surface area (Å²) in [6, 6.07) is 8.15. The van der Waals surface area contributed by atoms with Crippen LogP contribution in [-0.4, -0.2) is 91.6 Å². The van der Waals surface area contributed by atoms with Crippen molar-refractivity contribution in [3.05, 3.63) is 0 Å². The Morgan fingerprint density at radius 1 is 0.388 bits per heavy atom. The zero-order valence-electron chi connectivity index (χ0n) is 49.1. The van der Waals surface area contributed by atoms with Crippen molar-refractivity contribution in [3.8, 4) is 0 Å². The van der Waals surface area contributed by atoms with Crippen molar-refractivity contribution in [1.29, 1.82) is 0 Å². The quantitative estimate of drug-likeness (QED) is 0.193. The van der Waals surface area contributed by atoms with Gasteiger partial charge in [-0.25, -0.2) is 0 Å². The molecule has 0 radical (unpaired) electrons. The standard InChI is InChI=1S/C17H33N.C16H29N.C16H31N.C14H29N/c1-14(2)18(15(3)4)16-8-12-17(13-9-16)10-6-5-7-11-17;1-11(2)17(12(3)4)16-8-13-5-14(9-16)7-15(6-13)10-16;1-10(2)17(11(3)4)15-9-13-8-14(12(15)5)16(13,6)7;1-12(2)15(13(3)4)14-10-8-6-5-7-9-11-14/h14-16H,5-13H2,1-4H3;11-15H,5-10H2,1-4H3;10-15H,8-9H2,1-7H3;12-14H,5-11H2,1-4H3/t;;12-,13+,14-,15-;/m..1./s1. The first-order valence-corrected chi connectivity index (χ1v) is 30.5. The van der Waals surface area contributed by atoms with Gasteiger partial charge in [0.15, 0.2) is 0 Å². The van der Waals surface area contributed by atoms with Gasteiger partial charge in [-0.1, -0.05) is 72.1 Å². The van der Waals surface area contributed by atoms with Gasteiger partial charge in [0.1, 0.15) is 0 Å². The molecule has 394 valence electrons. The normalized spacial score (nSPS) is 32.9. The van der Waals surface area contributed by atoms with Crippen LogP contribution in [-0.2, 0) is 0 Å². The Morgan fingerprint density at radius 2 is 0.761 bits per heavy atom. The highest BCUT2D eigenvalue weighted by Gasteiger charge is 2.58. The van der Waals surface area contributed by atoms with Crippen LogP contribution >= 0.6 is 0 Å². The van der Waals surface area contributed by atoms with Crippen LogP contribution in [0.1, 0.15) is 286 Å². The highest BCUT2D eigenvalue weighted by Crippen LogP contribution is 2.62. The third kappa shape index (κ3) is 14.3. The number of hydrogen-bond acceptors (Lipinski definition) is 4. The molecule has 10 aliphatic carbocycles. The first-order valence-electron chi connectivity index (χ1n) is 30.5. The lowest BCUT2D eigenvalue weighted by atomic mass is 9.44. The summed E-state index contributed by atoms with van der Waals surface area (Å²) in [4.78, 5) is 11.1. The smallest absolute Gasteiger partial charge is 0.0222 e. The molecule has 4 heteroatoms. The van der Waals surface area contributed by atoms with E-state index in [-0.39, 0.29) is 0 Å². The Labute approximate surface area is 421 Å². The molecular weight excluding hydrogens is 813 g/mol. The molecule has 10 fully saturated rings. The van der Waals surface area contributed by atoms with Crippen LogP contribution in [0.2, 0.25) is 0 Å². The molecule has 10 aliphatic rings. The molecule has 0 saturated heterocycles. The molecule has 0 aliphatic heterocycles. The van der Waals surface area contributed by atoms with Crippen molar-refractivity contribution in [3.63, 3.8) is 0 Å². The summed E-state index contributed by atoms with van der Waals surface area (Å²) in [5.74, 6) is 6.03.